The summed E-state index contributed by atoms with van der Waals surface area (Å²) in [5, 5.41) is 0. The van der Waals surface area contributed by atoms with Gasteiger partial charge in [-0.05, 0) is 41.7 Å². The van der Waals surface area contributed by atoms with Gasteiger partial charge in [0.05, 0.1) is 0 Å². The van der Waals surface area contributed by atoms with E-state index in [-0.39, 0.29) is 17.7 Å². The summed E-state index contributed by atoms with van der Waals surface area (Å²) in [7, 11) is 0. The van der Waals surface area contributed by atoms with E-state index < -0.39 is 57.9 Å². The smallest absolute Gasteiger partial charge is 0.429 e. The van der Waals surface area contributed by atoms with Crippen LogP contribution in [0.4, 0.5) is 35.1 Å². The van der Waals surface area contributed by atoms with Crippen molar-refractivity contribution in [2.45, 2.75) is 19.0 Å². The van der Waals surface area contributed by atoms with E-state index in [1.807, 2.05) is 12.1 Å². The van der Waals surface area contributed by atoms with Gasteiger partial charge in [-0.2, -0.15) is 8.78 Å². The van der Waals surface area contributed by atoms with Crippen LogP contribution >= 0.6 is 0 Å². The van der Waals surface area contributed by atoms with Crippen molar-refractivity contribution >= 4 is 0 Å². The standard InChI is InChI=1S/C29H18F8O/c1-2-3-4-16-5-7-17(8-6-16)18-9-10-20(23(30)13-18)21-11-12-22(27(34)26(21)33)29(36,37)38-19-14-24(31)28(35)25(32)15-19/h2,5-15H,1,3-4H2. The molecule has 4 aromatic rings. The van der Waals surface area contributed by atoms with Crippen LogP contribution in [0.25, 0.3) is 22.3 Å². The Hall–Kier alpha value is -4.14. The highest BCUT2D eigenvalue weighted by molar-refractivity contribution is 5.72. The average molecular weight is 534 g/mol. The first-order valence-electron chi connectivity index (χ1n) is 11.2. The van der Waals surface area contributed by atoms with E-state index in [0.717, 1.165) is 30.5 Å². The molecule has 0 bridgehead atoms. The van der Waals surface area contributed by atoms with Gasteiger partial charge in [0.25, 0.3) is 0 Å². The summed E-state index contributed by atoms with van der Waals surface area (Å²) in [6.07, 6.45) is -1.23. The number of ether oxygens (including phenoxy) is 1. The zero-order valence-electron chi connectivity index (χ0n) is 19.5. The molecule has 0 spiro atoms. The van der Waals surface area contributed by atoms with E-state index in [0.29, 0.717) is 17.2 Å². The van der Waals surface area contributed by atoms with Gasteiger partial charge in [0.2, 0.25) is 0 Å². The van der Waals surface area contributed by atoms with Crippen molar-refractivity contribution in [2.24, 2.45) is 0 Å². The molecule has 0 aliphatic rings. The summed E-state index contributed by atoms with van der Waals surface area (Å²) in [4.78, 5) is 0. The minimum absolute atomic E-state index is 0.126. The number of allylic oxidation sites excluding steroid dienone is 1. The third-order valence-corrected chi connectivity index (χ3v) is 5.78. The maximum absolute atomic E-state index is 14.9. The highest BCUT2D eigenvalue weighted by Gasteiger charge is 2.40. The Kier molecular flexibility index (Phi) is 7.57. The lowest BCUT2D eigenvalue weighted by Gasteiger charge is -2.20. The number of aryl methyl sites for hydroxylation is 1. The van der Waals surface area contributed by atoms with Crippen molar-refractivity contribution in [3.8, 4) is 28.0 Å². The largest absolute Gasteiger partial charge is 0.429 e. The number of hydrogen-bond donors (Lipinski definition) is 0. The monoisotopic (exact) mass is 534 g/mol. The molecule has 0 heterocycles. The van der Waals surface area contributed by atoms with Gasteiger partial charge < -0.3 is 4.74 Å². The zero-order chi connectivity index (χ0) is 27.6. The second-order valence-corrected chi connectivity index (χ2v) is 8.33. The van der Waals surface area contributed by atoms with E-state index in [9.17, 15) is 35.1 Å². The molecule has 0 saturated carbocycles. The van der Waals surface area contributed by atoms with Crippen molar-refractivity contribution in [1.29, 1.82) is 0 Å². The van der Waals surface area contributed by atoms with Gasteiger partial charge in [-0.1, -0.05) is 48.5 Å². The first-order chi connectivity index (χ1) is 18.0. The van der Waals surface area contributed by atoms with Crippen molar-refractivity contribution in [3.05, 3.63) is 125 Å². The molecule has 0 atom stereocenters. The van der Waals surface area contributed by atoms with Gasteiger partial charge in [-0.3, -0.25) is 0 Å². The van der Waals surface area contributed by atoms with Crippen LogP contribution in [0.3, 0.4) is 0 Å². The fourth-order valence-electron chi connectivity index (χ4n) is 3.82. The average Bonchev–Trinajstić information content (AvgIpc) is 2.87. The Labute approximate surface area is 212 Å². The third kappa shape index (κ3) is 5.41. The highest BCUT2D eigenvalue weighted by atomic mass is 19.3. The van der Waals surface area contributed by atoms with Crippen molar-refractivity contribution in [3.63, 3.8) is 0 Å². The van der Waals surface area contributed by atoms with Crippen LogP contribution < -0.4 is 4.74 Å². The van der Waals surface area contributed by atoms with E-state index in [4.69, 9.17) is 0 Å². The van der Waals surface area contributed by atoms with Crippen LogP contribution in [-0.2, 0) is 12.5 Å². The van der Waals surface area contributed by atoms with Crippen LogP contribution in [0, 0.1) is 34.9 Å². The molecule has 0 unspecified atom stereocenters. The summed E-state index contributed by atoms with van der Waals surface area (Å²) in [5.74, 6) is -11.5. The third-order valence-electron chi connectivity index (χ3n) is 5.78. The second-order valence-electron chi connectivity index (χ2n) is 8.33. The maximum Gasteiger partial charge on any atom is 0.429 e. The molecule has 1 nitrogen and oxygen atoms in total. The van der Waals surface area contributed by atoms with E-state index in [1.165, 1.54) is 12.1 Å². The summed E-state index contributed by atoms with van der Waals surface area (Å²) >= 11 is 0. The molecule has 0 radical (unpaired) electrons. The normalized spacial score (nSPS) is 11.5. The minimum Gasteiger partial charge on any atom is -0.429 e. The predicted molar refractivity (Wildman–Crippen MR) is 127 cm³/mol. The van der Waals surface area contributed by atoms with E-state index >= 15 is 0 Å². The first kappa shape index (κ1) is 26.9. The predicted octanol–water partition coefficient (Wildman–Crippen LogP) is 9.10. The molecule has 0 N–H and O–H groups in total. The van der Waals surface area contributed by atoms with Gasteiger partial charge in [0.15, 0.2) is 29.1 Å². The van der Waals surface area contributed by atoms with Crippen LogP contribution in [0.5, 0.6) is 5.75 Å². The van der Waals surface area contributed by atoms with Crippen LogP contribution in [-0.4, -0.2) is 0 Å². The van der Waals surface area contributed by atoms with Gasteiger partial charge in [0.1, 0.15) is 17.1 Å². The Morgan fingerprint density at radius 2 is 1.26 bits per heavy atom. The maximum atomic E-state index is 14.9. The molecule has 0 fully saturated rings. The molecule has 0 aliphatic heterocycles. The van der Waals surface area contributed by atoms with Crippen LogP contribution in [0.15, 0.2) is 79.4 Å². The number of benzene rings is 4. The molecule has 9 heteroatoms. The van der Waals surface area contributed by atoms with Crippen molar-refractivity contribution in [2.75, 3.05) is 0 Å². The Morgan fingerprint density at radius 1 is 0.658 bits per heavy atom. The molecule has 38 heavy (non-hydrogen) atoms. The van der Waals surface area contributed by atoms with Gasteiger partial charge in [-0.25, -0.2) is 26.3 Å². The minimum atomic E-state index is -4.61. The van der Waals surface area contributed by atoms with Gasteiger partial charge in [0, 0.05) is 23.3 Å². The van der Waals surface area contributed by atoms with Crippen LogP contribution in [0.2, 0.25) is 0 Å². The number of alkyl halides is 2. The highest BCUT2D eigenvalue weighted by Crippen LogP contribution is 2.38. The molecule has 0 aromatic heterocycles. The molecule has 4 aromatic carbocycles. The number of rotatable bonds is 8. The van der Waals surface area contributed by atoms with Crippen molar-refractivity contribution in [1.82, 2.24) is 0 Å². The molecule has 0 aliphatic carbocycles. The Morgan fingerprint density at radius 3 is 1.87 bits per heavy atom. The fourth-order valence-corrected chi connectivity index (χ4v) is 3.82. The second kappa shape index (κ2) is 10.7. The van der Waals surface area contributed by atoms with Gasteiger partial charge >= 0.3 is 6.11 Å². The summed E-state index contributed by atoms with van der Waals surface area (Å²) in [6.45, 7) is 3.67. The molecular formula is C29H18F8O. The molecule has 4 rings (SSSR count). The fraction of sp³-hybridized carbons (Fsp3) is 0.103. The molecule has 0 saturated heterocycles. The summed E-state index contributed by atoms with van der Waals surface area (Å²) < 4.78 is 117. The topological polar surface area (TPSA) is 9.23 Å². The molecule has 196 valence electrons. The van der Waals surface area contributed by atoms with Gasteiger partial charge in [-0.15, -0.1) is 6.58 Å². The number of halogens is 8. The van der Waals surface area contributed by atoms with E-state index in [2.05, 4.69) is 11.3 Å². The molecule has 0 amide bonds. The number of hydrogen-bond acceptors (Lipinski definition) is 1. The van der Waals surface area contributed by atoms with E-state index in [1.54, 1.807) is 18.2 Å². The lowest BCUT2D eigenvalue weighted by Crippen LogP contribution is -2.24. The van der Waals surface area contributed by atoms with Crippen molar-refractivity contribution < 1.29 is 39.9 Å². The lowest BCUT2D eigenvalue weighted by atomic mass is 9.97. The Bertz CT molecular complexity index is 1470. The Balaban J connectivity index is 1.62. The summed E-state index contributed by atoms with van der Waals surface area (Å²) in [5.41, 5.74) is -0.449. The van der Waals surface area contributed by atoms with Crippen LogP contribution in [0.1, 0.15) is 17.5 Å². The quantitative estimate of drug-likeness (QED) is 0.124. The zero-order valence-corrected chi connectivity index (χ0v) is 19.5. The SMILES string of the molecule is C=CCCc1ccc(-c2ccc(-c3ccc(C(F)(F)Oc4cc(F)c(F)c(F)c4)c(F)c3F)c(F)c2)cc1. The first-order valence-corrected chi connectivity index (χ1v) is 11.2. The lowest BCUT2D eigenvalue weighted by molar-refractivity contribution is -0.187. The summed E-state index contributed by atoms with van der Waals surface area (Å²) in [6, 6.07) is 12.5. The molecular weight excluding hydrogens is 516 g/mol.